The summed E-state index contributed by atoms with van der Waals surface area (Å²) < 4.78 is 32.3. The zero-order valence-corrected chi connectivity index (χ0v) is 9.74. The first-order chi connectivity index (χ1) is 6.95. The number of hydrogen-bond donors (Lipinski definition) is 0. The van der Waals surface area contributed by atoms with E-state index < -0.39 is 10.1 Å². The molecule has 1 aromatic carbocycles. The van der Waals surface area contributed by atoms with Crippen molar-refractivity contribution in [2.24, 2.45) is 0 Å². The van der Waals surface area contributed by atoms with Gasteiger partial charge in [-0.25, -0.2) is 0 Å². The molecule has 0 aliphatic carbocycles. The first kappa shape index (κ1) is 12.0. The Bertz CT molecular complexity index is 406. The number of ether oxygens (including phenoxy) is 1. The van der Waals surface area contributed by atoms with Crippen LogP contribution in [0.2, 0.25) is 0 Å². The van der Waals surface area contributed by atoms with Gasteiger partial charge in [-0.1, -0.05) is 0 Å². The molecule has 0 heterocycles. The first-order valence-electron chi connectivity index (χ1n) is 4.53. The van der Waals surface area contributed by atoms with E-state index >= 15 is 0 Å². The second-order valence-corrected chi connectivity index (χ2v) is 4.97. The van der Waals surface area contributed by atoms with Crippen molar-refractivity contribution < 1.29 is 17.3 Å². The number of benzene rings is 1. The van der Waals surface area contributed by atoms with E-state index in [1.54, 1.807) is 12.1 Å². The Morgan fingerprint density at radius 3 is 2.07 bits per heavy atom. The van der Waals surface area contributed by atoms with Crippen LogP contribution in [0.15, 0.2) is 29.2 Å². The maximum Gasteiger partial charge on any atom is 0.296 e. The minimum Gasteiger partial charge on any atom is -0.491 e. The first-order valence-corrected chi connectivity index (χ1v) is 5.94. The molecule has 84 valence electrons. The Balaban J connectivity index is 2.91. The highest BCUT2D eigenvalue weighted by Crippen LogP contribution is 2.17. The van der Waals surface area contributed by atoms with Crippen molar-refractivity contribution in [3.8, 4) is 5.75 Å². The lowest BCUT2D eigenvalue weighted by atomic mass is 10.3. The summed E-state index contributed by atoms with van der Waals surface area (Å²) in [5.41, 5.74) is 0. The summed E-state index contributed by atoms with van der Waals surface area (Å²) >= 11 is 0. The van der Waals surface area contributed by atoms with Gasteiger partial charge in [0.25, 0.3) is 10.1 Å². The van der Waals surface area contributed by atoms with E-state index in [-0.39, 0.29) is 11.0 Å². The van der Waals surface area contributed by atoms with Gasteiger partial charge in [-0.05, 0) is 38.1 Å². The molecule has 0 amide bonds. The topological polar surface area (TPSA) is 52.6 Å². The third-order valence-electron chi connectivity index (χ3n) is 1.70. The van der Waals surface area contributed by atoms with Gasteiger partial charge in [0.15, 0.2) is 0 Å². The van der Waals surface area contributed by atoms with Gasteiger partial charge >= 0.3 is 0 Å². The fraction of sp³-hybridized carbons (Fsp3) is 0.400. The van der Waals surface area contributed by atoms with Gasteiger partial charge in [0.1, 0.15) is 5.75 Å². The molecular weight excluding hydrogens is 216 g/mol. The molecule has 0 radical (unpaired) electrons. The van der Waals surface area contributed by atoms with Crippen LogP contribution in [-0.4, -0.2) is 21.6 Å². The molecule has 0 aliphatic heterocycles. The van der Waals surface area contributed by atoms with Crippen molar-refractivity contribution in [1.29, 1.82) is 0 Å². The molecule has 0 saturated carbocycles. The fourth-order valence-corrected chi connectivity index (χ4v) is 1.72. The van der Waals surface area contributed by atoms with Crippen LogP contribution in [0.25, 0.3) is 0 Å². The van der Waals surface area contributed by atoms with Gasteiger partial charge in [-0.3, -0.25) is 4.18 Å². The van der Waals surface area contributed by atoms with Gasteiger partial charge < -0.3 is 4.74 Å². The number of rotatable bonds is 4. The Morgan fingerprint density at radius 1 is 1.13 bits per heavy atom. The third kappa shape index (κ3) is 3.21. The summed E-state index contributed by atoms with van der Waals surface area (Å²) in [4.78, 5) is 0.126. The van der Waals surface area contributed by atoms with Crippen LogP contribution in [0.4, 0.5) is 0 Å². The largest absolute Gasteiger partial charge is 0.491 e. The molecule has 0 aliphatic rings. The second-order valence-electron chi connectivity index (χ2n) is 3.26. The second kappa shape index (κ2) is 4.63. The zero-order chi connectivity index (χ0) is 11.5. The van der Waals surface area contributed by atoms with Crippen molar-refractivity contribution in [2.45, 2.75) is 24.8 Å². The molecule has 0 atom stereocenters. The summed E-state index contributed by atoms with van der Waals surface area (Å²) in [5, 5.41) is 0. The molecule has 0 spiro atoms. The van der Waals surface area contributed by atoms with E-state index in [1.165, 1.54) is 12.1 Å². The molecular formula is C10H14O4S. The fourth-order valence-electron chi connectivity index (χ4n) is 1.05. The molecule has 15 heavy (non-hydrogen) atoms. The molecule has 5 heteroatoms. The molecule has 0 N–H and O–H groups in total. The van der Waals surface area contributed by atoms with Crippen molar-refractivity contribution in [3.05, 3.63) is 24.3 Å². The highest BCUT2D eigenvalue weighted by atomic mass is 32.2. The predicted molar refractivity (Wildman–Crippen MR) is 56.4 cm³/mol. The molecule has 0 fully saturated rings. The van der Waals surface area contributed by atoms with E-state index in [4.69, 9.17) is 4.74 Å². The lowest BCUT2D eigenvalue weighted by Gasteiger charge is -2.09. The zero-order valence-electron chi connectivity index (χ0n) is 8.93. The average molecular weight is 230 g/mol. The van der Waals surface area contributed by atoms with E-state index in [0.717, 1.165) is 7.11 Å². The van der Waals surface area contributed by atoms with E-state index in [1.807, 2.05) is 13.8 Å². The average Bonchev–Trinajstić information content (AvgIpc) is 2.18. The summed E-state index contributed by atoms with van der Waals surface area (Å²) in [6, 6.07) is 6.12. The van der Waals surface area contributed by atoms with Crippen LogP contribution >= 0.6 is 0 Å². The Morgan fingerprint density at radius 2 is 1.67 bits per heavy atom. The SMILES string of the molecule is COS(=O)(=O)c1ccc(OC(C)C)cc1. The Kier molecular flexibility index (Phi) is 3.71. The Hall–Kier alpha value is -1.07. The van der Waals surface area contributed by atoms with Crippen molar-refractivity contribution in [3.63, 3.8) is 0 Å². The van der Waals surface area contributed by atoms with Crippen LogP contribution in [0.1, 0.15) is 13.8 Å². The van der Waals surface area contributed by atoms with Crippen molar-refractivity contribution in [2.75, 3.05) is 7.11 Å². The molecule has 4 nitrogen and oxygen atoms in total. The summed E-state index contributed by atoms with van der Waals surface area (Å²) in [6.07, 6.45) is 0.0647. The van der Waals surface area contributed by atoms with Crippen LogP contribution in [-0.2, 0) is 14.3 Å². The quantitative estimate of drug-likeness (QED) is 0.740. The van der Waals surface area contributed by atoms with Gasteiger partial charge in [-0.2, -0.15) is 8.42 Å². The maximum absolute atomic E-state index is 11.3. The Labute approximate surface area is 90.0 Å². The van der Waals surface area contributed by atoms with Gasteiger partial charge in [0.2, 0.25) is 0 Å². The van der Waals surface area contributed by atoms with E-state index in [0.29, 0.717) is 5.75 Å². The van der Waals surface area contributed by atoms with Gasteiger partial charge in [0.05, 0.1) is 18.1 Å². The molecule has 1 aromatic rings. The minimum atomic E-state index is -3.60. The van der Waals surface area contributed by atoms with Gasteiger partial charge in [0, 0.05) is 0 Å². The lowest BCUT2D eigenvalue weighted by Crippen LogP contribution is -2.06. The van der Waals surface area contributed by atoms with E-state index in [9.17, 15) is 8.42 Å². The smallest absolute Gasteiger partial charge is 0.296 e. The van der Waals surface area contributed by atoms with Crippen molar-refractivity contribution in [1.82, 2.24) is 0 Å². The minimum absolute atomic E-state index is 0.0647. The van der Waals surface area contributed by atoms with Crippen LogP contribution in [0.3, 0.4) is 0 Å². The van der Waals surface area contributed by atoms with Crippen LogP contribution in [0.5, 0.6) is 5.75 Å². The summed E-state index contributed by atoms with van der Waals surface area (Å²) in [7, 11) is -2.47. The lowest BCUT2D eigenvalue weighted by molar-refractivity contribution is 0.242. The maximum atomic E-state index is 11.3. The van der Waals surface area contributed by atoms with Crippen LogP contribution < -0.4 is 4.74 Å². The molecule has 0 unspecified atom stereocenters. The molecule has 1 rings (SSSR count). The molecule has 0 aromatic heterocycles. The normalized spacial score (nSPS) is 11.7. The highest BCUT2D eigenvalue weighted by molar-refractivity contribution is 7.86. The molecule has 0 saturated heterocycles. The van der Waals surface area contributed by atoms with E-state index in [2.05, 4.69) is 4.18 Å². The highest BCUT2D eigenvalue weighted by Gasteiger charge is 2.12. The van der Waals surface area contributed by atoms with Crippen molar-refractivity contribution >= 4 is 10.1 Å². The summed E-state index contributed by atoms with van der Waals surface area (Å²) in [6.45, 7) is 3.81. The third-order valence-corrected chi connectivity index (χ3v) is 2.99. The monoisotopic (exact) mass is 230 g/mol. The summed E-state index contributed by atoms with van der Waals surface area (Å²) in [5.74, 6) is 0.639. The standard InChI is InChI=1S/C10H14O4S/c1-8(2)14-9-4-6-10(7-5-9)15(11,12)13-3/h4-8H,1-3H3. The van der Waals surface area contributed by atoms with Crippen LogP contribution in [0, 0.1) is 0 Å². The van der Waals surface area contributed by atoms with Gasteiger partial charge in [-0.15, -0.1) is 0 Å². The number of hydrogen-bond acceptors (Lipinski definition) is 4. The molecule has 0 bridgehead atoms. The predicted octanol–water partition coefficient (Wildman–Crippen LogP) is 1.81.